The Kier molecular flexibility index (Phi) is 6.65. The Hall–Kier alpha value is -2.87. The number of amides is 1. The molecular formula is C20H23N5O2S. The normalized spacial score (nSPS) is 11.8. The monoisotopic (exact) mass is 397 g/mol. The van der Waals surface area contributed by atoms with Crippen molar-refractivity contribution in [2.24, 2.45) is 0 Å². The van der Waals surface area contributed by atoms with Crippen molar-refractivity contribution in [3.05, 3.63) is 48.8 Å². The molecule has 28 heavy (non-hydrogen) atoms. The number of para-hydroxylation sites is 2. The number of carbonyl (C=O) groups excluding carboxylic acids is 1. The number of methoxy groups -OCH3 is 1. The molecule has 0 spiro atoms. The molecule has 0 fully saturated rings. The number of anilines is 1. The van der Waals surface area contributed by atoms with E-state index in [1.165, 1.54) is 11.8 Å². The third kappa shape index (κ3) is 4.51. The molecule has 2 aromatic heterocycles. The highest BCUT2D eigenvalue weighted by Crippen LogP contribution is 2.29. The van der Waals surface area contributed by atoms with Crippen molar-refractivity contribution < 1.29 is 9.53 Å². The fourth-order valence-corrected chi connectivity index (χ4v) is 3.58. The van der Waals surface area contributed by atoms with Gasteiger partial charge in [-0.3, -0.25) is 9.78 Å². The summed E-state index contributed by atoms with van der Waals surface area (Å²) in [6.07, 6.45) is 4.40. The summed E-state index contributed by atoms with van der Waals surface area (Å²) in [5, 5.41) is 12.0. The highest BCUT2D eigenvalue weighted by molar-refractivity contribution is 8.00. The molecule has 1 atom stereocenters. The number of hydrogen-bond donors (Lipinski definition) is 1. The van der Waals surface area contributed by atoms with Gasteiger partial charge in [0.05, 0.1) is 18.0 Å². The van der Waals surface area contributed by atoms with E-state index in [-0.39, 0.29) is 11.2 Å². The third-order valence-corrected chi connectivity index (χ3v) is 5.20. The van der Waals surface area contributed by atoms with Crippen LogP contribution in [0.1, 0.15) is 20.3 Å². The van der Waals surface area contributed by atoms with Crippen molar-refractivity contribution in [1.29, 1.82) is 0 Å². The van der Waals surface area contributed by atoms with Crippen LogP contribution in [0.3, 0.4) is 0 Å². The lowest BCUT2D eigenvalue weighted by atomic mass is 10.2. The lowest BCUT2D eigenvalue weighted by Gasteiger charge is -2.14. The van der Waals surface area contributed by atoms with Gasteiger partial charge in [0, 0.05) is 24.5 Å². The molecule has 1 N–H and O–H groups in total. The first kappa shape index (κ1) is 19.9. The number of hydrogen-bond acceptors (Lipinski definition) is 6. The first-order valence-electron chi connectivity index (χ1n) is 9.08. The van der Waals surface area contributed by atoms with Crippen molar-refractivity contribution in [3.63, 3.8) is 0 Å². The predicted molar refractivity (Wildman–Crippen MR) is 110 cm³/mol. The molecular weight excluding hydrogens is 374 g/mol. The van der Waals surface area contributed by atoms with Crippen LogP contribution >= 0.6 is 11.8 Å². The van der Waals surface area contributed by atoms with E-state index in [0.717, 1.165) is 29.5 Å². The summed E-state index contributed by atoms with van der Waals surface area (Å²) in [5.74, 6) is 1.29. The molecule has 2 heterocycles. The van der Waals surface area contributed by atoms with E-state index in [1.807, 2.05) is 47.9 Å². The largest absolute Gasteiger partial charge is 0.495 e. The number of ether oxygens (including phenoxy) is 1. The topological polar surface area (TPSA) is 81.9 Å². The van der Waals surface area contributed by atoms with Crippen LogP contribution in [-0.2, 0) is 11.3 Å². The zero-order chi connectivity index (χ0) is 19.9. The van der Waals surface area contributed by atoms with Crippen LogP contribution in [0.2, 0.25) is 0 Å². The van der Waals surface area contributed by atoms with E-state index in [4.69, 9.17) is 4.74 Å². The van der Waals surface area contributed by atoms with Crippen LogP contribution in [0, 0.1) is 0 Å². The van der Waals surface area contributed by atoms with Gasteiger partial charge in [-0.2, -0.15) is 0 Å². The van der Waals surface area contributed by atoms with Gasteiger partial charge >= 0.3 is 0 Å². The van der Waals surface area contributed by atoms with Gasteiger partial charge in [0.2, 0.25) is 5.91 Å². The van der Waals surface area contributed by atoms with Gasteiger partial charge in [-0.15, -0.1) is 10.2 Å². The fraction of sp³-hybridized carbons (Fsp3) is 0.300. The molecule has 0 aliphatic rings. The van der Waals surface area contributed by atoms with E-state index < -0.39 is 0 Å². The molecule has 7 nitrogen and oxygen atoms in total. The van der Waals surface area contributed by atoms with E-state index in [1.54, 1.807) is 19.5 Å². The smallest absolute Gasteiger partial charge is 0.237 e. The number of pyridine rings is 1. The van der Waals surface area contributed by atoms with Gasteiger partial charge in [0.25, 0.3) is 0 Å². The van der Waals surface area contributed by atoms with E-state index in [9.17, 15) is 4.79 Å². The number of aromatic nitrogens is 4. The molecule has 8 heteroatoms. The molecule has 0 radical (unpaired) electrons. The molecule has 1 amide bonds. The molecule has 0 aliphatic heterocycles. The van der Waals surface area contributed by atoms with Gasteiger partial charge in [-0.1, -0.05) is 30.8 Å². The van der Waals surface area contributed by atoms with Crippen molar-refractivity contribution in [2.75, 3.05) is 12.4 Å². The van der Waals surface area contributed by atoms with Crippen LogP contribution in [0.25, 0.3) is 11.4 Å². The number of thioether (sulfide) groups is 1. The second-order valence-electron chi connectivity index (χ2n) is 6.14. The zero-order valence-corrected chi connectivity index (χ0v) is 16.9. The Bertz CT molecular complexity index is 929. The second-order valence-corrected chi connectivity index (χ2v) is 7.45. The maximum absolute atomic E-state index is 12.7. The minimum absolute atomic E-state index is 0.119. The Balaban J connectivity index is 1.77. The lowest BCUT2D eigenvalue weighted by molar-refractivity contribution is -0.115. The Labute approximate surface area is 168 Å². The molecule has 0 saturated carbocycles. The highest BCUT2D eigenvalue weighted by atomic mass is 32.2. The lowest BCUT2D eigenvalue weighted by Crippen LogP contribution is -2.23. The van der Waals surface area contributed by atoms with Crippen molar-refractivity contribution in [3.8, 4) is 17.1 Å². The summed E-state index contributed by atoms with van der Waals surface area (Å²) < 4.78 is 7.34. The van der Waals surface area contributed by atoms with Crippen molar-refractivity contribution in [1.82, 2.24) is 19.7 Å². The predicted octanol–water partition coefficient (Wildman–Crippen LogP) is 3.88. The molecule has 0 unspecified atom stereocenters. The molecule has 3 rings (SSSR count). The van der Waals surface area contributed by atoms with Crippen molar-refractivity contribution in [2.45, 2.75) is 37.2 Å². The van der Waals surface area contributed by atoms with Crippen LogP contribution in [-0.4, -0.2) is 38.0 Å². The minimum atomic E-state index is -0.352. The molecule has 0 aliphatic carbocycles. The Morgan fingerprint density at radius 2 is 1.96 bits per heavy atom. The van der Waals surface area contributed by atoms with Gasteiger partial charge in [0.1, 0.15) is 5.75 Å². The summed E-state index contributed by atoms with van der Waals surface area (Å²) in [5.41, 5.74) is 1.60. The maximum Gasteiger partial charge on any atom is 0.237 e. The first-order valence-corrected chi connectivity index (χ1v) is 9.96. The van der Waals surface area contributed by atoms with Gasteiger partial charge in [-0.25, -0.2) is 0 Å². The average molecular weight is 398 g/mol. The molecule has 1 aromatic carbocycles. The molecule has 0 bridgehead atoms. The van der Waals surface area contributed by atoms with Gasteiger partial charge < -0.3 is 14.6 Å². The summed E-state index contributed by atoms with van der Waals surface area (Å²) in [6.45, 7) is 4.73. The molecule has 146 valence electrons. The zero-order valence-electron chi connectivity index (χ0n) is 16.1. The minimum Gasteiger partial charge on any atom is -0.495 e. The summed E-state index contributed by atoms with van der Waals surface area (Å²) in [7, 11) is 1.58. The van der Waals surface area contributed by atoms with Crippen molar-refractivity contribution >= 4 is 23.4 Å². The number of nitrogens with zero attached hydrogens (tertiary/aromatic N) is 4. The summed E-state index contributed by atoms with van der Waals surface area (Å²) >= 11 is 1.39. The van der Waals surface area contributed by atoms with E-state index >= 15 is 0 Å². The van der Waals surface area contributed by atoms with Crippen LogP contribution < -0.4 is 10.1 Å². The highest BCUT2D eigenvalue weighted by Gasteiger charge is 2.21. The van der Waals surface area contributed by atoms with Gasteiger partial charge in [0.15, 0.2) is 11.0 Å². The quantitative estimate of drug-likeness (QED) is 0.581. The second kappa shape index (κ2) is 9.36. The number of carbonyl (C=O) groups is 1. The molecule has 0 saturated heterocycles. The van der Waals surface area contributed by atoms with Crippen LogP contribution in [0.4, 0.5) is 5.69 Å². The Morgan fingerprint density at radius 1 is 1.21 bits per heavy atom. The first-order chi connectivity index (χ1) is 13.6. The fourth-order valence-electron chi connectivity index (χ4n) is 2.71. The van der Waals surface area contributed by atoms with E-state index in [0.29, 0.717) is 11.4 Å². The maximum atomic E-state index is 12.7. The number of benzene rings is 1. The number of nitrogens with one attached hydrogen (secondary N) is 1. The third-order valence-electron chi connectivity index (χ3n) is 4.12. The summed E-state index contributed by atoms with van der Waals surface area (Å²) in [6, 6.07) is 11.2. The average Bonchev–Trinajstić information content (AvgIpc) is 3.11. The standard InChI is InChI=1S/C20H23N5O2S/c1-4-13-25-18(15-9-11-21-12-10-15)23-24-20(25)28-14(2)19(26)22-16-7-5-6-8-17(16)27-3/h5-12,14H,4,13H2,1-3H3,(H,22,26)/t14-/m1/s1. The molecule has 3 aromatic rings. The number of rotatable bonds is 8. The van der Waals surface area contributed by atoms with Crippen LogP contribution in [0.15, 0.2) is 53.9 Å². The van der Waals surface area contributed by atoms with Crippen LogP contribution in [0.5, 0.6) is 5.75 Å². The van der Waals surface area contributed by atoms with E-state index in [2.05, 4.69) is 27.4 Å². The summed E-state index contributed by atoms with van der Waals surface area (Å²) in [4.78, 5) is 16.7. The Morgan fingerprint density at radius 3 is 2.68 bits per heavy atom. The van der Waals surface area contributed by atoms with Gasteiger partial charge in [-0.05, 0) is 37.6 Å². The SMILES string of the molecule is CCCn1c(S[C@H](C)C(=O)Nc2ccccc2OC)nnc1-c1ccncc1.